The molecule has 0 unspecified atom stereocenters. The van der Waals surface area contributed by atoms with Crippen molar-refractivity contribution in [1.82, 2.24) is 9.97 Å². The van der Waals surface area contributed by atoms with Crippen molar-refractivity contribution in [2.24, 2.45) is 0 Å². The second-order valence-electron chi connectivity index (χ2n) is 4.29. The summed E-state index contributed by atoms with van der Waals surface area (Å²) in [4.78, 5) is 7.13. The van der Waals surface area contributed by atoms with Crippen LogP contribution in [-0.4, -0.2) is 9.97 Å². The van der Waals surface area contributed by atoms with E-state index in [1.807, 2.05) is 0 Å². The fourth-order valence-corrected chi connectivity index (χ4v) is 2.19. The fourth-order valence-electron chi connectivity index (χ4n) is 1.97. The maximum absolute atomic E-state index is 12.7. The second kappa shape index (κ2) is 4.52. The first-order valence-electron chi connectivity index (χ1n) is 5.77. The summed E-state index contributed by atoms with van der Waals surface area (Å²) in [5.41, 5.74) is 0.737. The van der Waals surface area contributed by atoms with Crippen LogP contribution in [-0.2, 0) is 6.18 Å². The second-order valence-corrected chi connectivity index (χ2v) is 4.70. The van der Waals surface area contributed by atoms with Crippen LogP contribution in [0.25, 0.3) is 22.4 Å². The Morgan fingerprint density at radius 1 is 1.05 bits per heavy atom. The lowest BCUT2D eigenvalue weighted by molar-refractivity contribution is -0.137. The van der Waals surface area contributed by atoms with Crippen molar-refractivity contribution < 1.29 is 13.2 Å². The Bertz CT molecular complexity index is 777. The van der Waals surface area contributed by atoms with E-state index in [-0.39, 0.29) is 0 Å². The minimum Gasteiger partial charge on any atom is -0.338 e. The summed E-state index contributed by atoms with van der Waals surface area (Å²) in [5.74, 6) is 0.449. The Kier molecular flexibility index (Phi) is 2.94. The minimum atomic E-state index is -4.37. The van der Waals surface area contributed by atoms with Crippen LogP contribution in [0.3, 0.4) is 0 Å². The number of hydrogen-bond acceptors (Lipinski definition) is 1. The molecule has 0 saturated heterocycles. The van der Waals surface area contributed by atoms with Gasteiger partial charge < -0.3 is 4.98 Å². The number of aromatic nitrogens is 2. The standard InChI is InChI=1S/C14H8ClF3N2/c15-10-4-2-1-3-9(10)13-19-11-6-5-8(14(16,17)18)7-12(11)20-13/h1-7H,(H,19,20). The third kappa shape index (κ3) is 2.25. The van der Waals surface area contributed by atoms with E-state index in [1.54, 1.807) is 24.3 Å². The zero-order chi connectivity index (χ0) is 14.3. The predicted octanol–water partition coefficient (Wildman–Crippen LogP) is 4.90. The molecule has 0 fully saturated rings. The van der Waals surface area contributed by atoms with Crippen molar-refractivity contribution in [3.63, 3.8) is 0 Å². The number of alkyl halides is 3. The van der Waals surface area contributed by atoms with Crippen LogP contribution in [0.4, 0.5) is 13.2 Å². The van der Waals surface area contributed by atoms with E-state index in [0.717, 1.165) is 12.1 Å². The van der Waals surface area contributed by atoms with Crippen molar-refractivity contribution in [1.29, 1.82) is 0 Å². The number of nitrogens with zero attached hydrogens (tertiary/aromatic N) is 1. The van der Waals surface area contributed by atoms with Gasteiger partial charge in [-0.05, 0) is 30.3 Å². The Morgan fingerprint density at radius 3 is 2.50 bits per heavy atom. The molecule has 102 valence electrons. The number of rotatable bonds is 1. The summed E-state index contributed by atoms with van der Waals surface area (Å²) in [7, 11) is 0. The predicted molar refractivity (Wildman–Crippen MR) is 71.5 cm³/mol. The number of fused-ring (bicyclic) bond motifs is 1. The first-order valence-corrected chi connectivity index (χ1v) is 6.15. The molecule has 0 bridgehead atoms. The molecular formula is C14H8ClF3N2. The maximum atomic E-state index is 12.7. The van der Waals surface area contributed by atoms with Crippen LogP contribution in [0, 0.1) is 0 Å². The highest BCUT2D eigenvalue weighted by Gasteiger charge is 2.30. The number of hydrogen-bond donors (Lipinski definition) is 1. The van der Waals surface area contributed by atoms with Gasteiger partial charge in [0.1, 0.15) is 5.82 Å². The smallest absolute Gasteiger partial charge is 0.338 e. The SMILES string of the molecule is FC(F)(F)c1ccc2nc(-c3ccccc3Cl)[nH]c2c1. The maximum Gasteiger partial charge on any atom is 0.416 e. The molecule has 0 atom stereocenters. The van der Waals surface area contributed by atoms with Gasteiger partial charge in [-0.1, -0.05) is 23.7 Å². The van der Waals surface area contributed by atoms with Gasteiger partial charge in [0.15, 0.2) is 0 Å². The molecule has 0 aliphatic heterocycles. The van der Waals surface area contributed by atoms with Gasteiger partial charge in [0.25, 0.3) is 0 Å². The van der Waals surface area contributed by atoms with Gasteiger partial charge in [0.2, 0.25) is 0 Å². The molecule has 1 heterocycles. The molecule has 0 aliphatic carbocycles. The van der Waals surface area contributed by atoms with Crippen molar-refractivity contribution in [2.75, 3.05) is 0 Å². The van der Waals surface area contributed by atoms with E-state index >= 15 is 0 Å². The molecule has 1 aromatic heterocycles. The molecule has 0 amide bonds. The van der Waals surface area contributed by atoms with Crippen LogP contribution in [0.2, 0.25) is 5.02 Å². The topological polar surface area (TPSA) is 28.7 Å². The number of benzene rings is 2. The lowest BCUT2D eigenvalue weighted by Gasteiger charge is -2.05. The highest BCUT2D eigenvalue weighted by Crippen LogP contribution is 2.32. The van der Waals surface area contributed by atoms with Crippen LogP contribution >= 0.6 is 11.6 Å². The molecule has 2 aromatic carbocycles. The molecule has 1 N–H and O–H groups in total. The largest absolute Gasteiger partial charge is 0.416 e. The molecule has 0 aliphatic rings. The van der Waals surface area contributed by atoms with E-state index < -0.39 is 11.7 Å². The van der Waals surface area contributed by atoms with E-state index in [0.29, 0.717) is 27.4 Å². The summed E-state index contributed by atoms with van der Waals surface area (Å²) >= 11 is 6.05. The molecule has 3 aromatic rings. The first kappa shape index (κ1) is 13.0. The Labute approximate surface area is 117 Å². The first-order chi connectivity index (χ1) is 9.45. The molecule has 3 rings (SSSR count). The summed E-state index contributed by atoms with van der Waals surface area (Å²) in [6.45, 7) is 0. The Balaban J connectivity index is 2.14. The summed E-state index contributed by atoms with van der Waals surface area (Å²) in [6.07, 6.45) is -4.37. The molecule has 0 spiro atoms. The summed E-state index contributed by atoms with van der Waals surface area (Å²) in [5, 5.41) is 0.489. The average molecular weight is 297 g/mol. The third-order valence-electron chi connectivity index (χ3n) is 2.94. The zero-order valence-corrected chi connectivity index (χ0v) is 10.8. The molecular weight excluding hydrogens is 289 g/mol. The van der Waals surface area contributed by atoms with E-state index in [1.165, 1.54) is 6.07 Å². The van der Waals surface area contributed by atoms with E-state index in [2.05, 4.69) is 9.97 Å². The molecule has 6 heteroatoms. The summed E-state index contributed by atoms with van der Waals surface area (Å²) in [6, 6.07) is 10.4. The fraction of sp³-hybridized carbons (Fsp3) is 0.0714. The Morgan fingerprint density at radius 2 is 1.80 bits per heavy atom. The van der Waals surface area contributed by atoms with Crippen molar-refractivity contribution in [3.05, 3.63) is 53.1 Å². The van der Waals surface area contributed by atoms with Crippen LogP contribution in [0.15, 0.2) is 42.5 Å². The highest BCUT2D eigenvalue weighted by molar-refractivity contribution is 6.33. The zero-order valence-electron chi connectivity index (χ0n) is 10.0. The number of H-pyrrole nitrogens is 1. The van der Waals surface area contributed by atoms with E-state index in [4.69, 9.17) is 11.6 Å². The van der Waals surface area contributed by atoms with E-state index in [9.17, 15) is 13.2 Å². The van der Waals surface area contributed by atoms with Gasteiger partial charge in [-0.25, -0.2) is 4.98 Å². The van der Waals surface area contributed by atoms with Gasteiger partial charge in [-0.2, -0.15) is 13.2 Å². The van der Waals surface area contributed by atoms with Crippen molar-refractivity contribution >= 4 is 22.6 Å². The van der Waals surface area contributed by atoms with Gasteiger partial charge in [-0.15, -0.1) is 0 Å². The van der Waals surface area contributed by atoms with Gasteiger partial charge in [0.05, 0.1) is 21.6 Å². The lowest BCUT2D eigenvalue weighted by Crippen LogP contribution is -2.04. The lowest BCUT2D eigenvalue weighted by atomic mass is 10.2. The van der Waals surface area contributed by atoms with Gasteiger partial charge in [0, 0.05) is 5.56 Å². The quantitative estimate of drug-likeness (QED) is 0.679. The third-order valence-corrected chi connectivity index (χ3v) is 3.27. The monoisotopic (exact) mass is 296 g/mol. The number of halogens is 4. The molecule has 20 heavy (non-hydrogen) atoms. The average Bonchev–Trinajstić information content (AvgIpc) is 2.80. The van der Waals surface area contributed by atoms with Crippen LogP contribution < -0.4 is 0 Å². The van der Waals surface area contributed by atoms with Crippen LogP contribution in [0.5, 0.6) is 0 Å². The normalized spacial score (nSPS) is 12.0. The minimum absolute atomic E-state index is 0.328. The van der Waals surface area contributed by atoms with Gasteiger partial charge >= 0.3 is 6.18 Å². The van der Waals surface area contributed by atoms with Crippen LogP contribution in [0.1, 0.15) is 5.56 Å². The molecule has 0 radical (unpaired) electrons. The van der Waals surface area contributed by atoms with Crippen molar-refractivity contribution in [3.8, 4) is 11.4 Å². The number of nitrogens with one attached hydrogen (secondary N) is 1. The van der Waals surface area contributed by atoms with Crippen molar-refractivity contribution in [2.45, 2.75) is 6.18 Å². The van der Waals surface area contributed by atoms with Gasteiger partial charge in [-0.3, -0.25) is 0 Å². The Hall–Kier alpha value is -2.01. The number of imidazole rings is 1. The highest BCUT2D eigenvalue weighted by atomic mass is 35.5. The molecule has 0 saturated carbocycles. The number of aromatic amines is 1. The molecule has 2 nitrogen and oxygen atoms in total. The summed E-state index contributed by atoms with van der Waals surface area (Å²) < 4.78 is 38.0.